The van der Waals surface area contributed by atoms with Crippen molar-refractivity contribution in [3.63, 3.8) is 0 Å². The Morgan fingerprint density at radius 1 is 1.50 bits per heavy atom. The fourth-order valence-electron chi connectivity index (χ4n) is 1.13. The van der Waals surface area contributed by atoms with E-state index in [0.29, 0.717) is 0 Å². The number of aryl methyl sites for hydroxylation is 1. The van der Waals surface area contributed by atoms with Crippen molar-refractivity contribution in [2.75, 3.05) is 5.32 Å². The molecule has 2 N–H and O–H groups in total. The zero-order valence-electron chi connectivity index (χ0n) is 7.95. The Morgan fingerprint density at radius 3 is 3.07 bits per heavy atom. The summed E-state index contributed by atoms with van der Waals surface area (Å²) in [7, 11) is 0. The van der Waals surface area contributed by atoms with E-state index in [9.17, 15) is 0 Å². The summed E-state index contributed by atoms with van der Waals surface area (Å²) >= 11 is 1.75. The molecule has 0 saturated carbocycles. The predicted molar refractivity (Wildman–Crippen MR) is 57.4 cm³/mol. The smallest absolute Gasteiger partial charge is 0.123 e. The monoisotopic (exact) mass is 208 g/mol. The number of imidazole rings is 1. The Kier molecular flexibility index (Phi) is 2.78. The van der Waals surface area contributed by atoms with E-state index in [1.807, 2.05) is 6.20 Å². The first-order valence-corrected chi connectivity index (χ1v) is 5.36. The molecule has 0 aromatic carbocycles. The third kappa shape index (κ3) is 2.11. The highest BCUT2D eigenvalue weighted by Crippen LogP contribution is 2.14. The van der Waals surface area contributed by atoms with E-state index in [0.717, 1.165) is 18.8 Å². The number of H-pyrrole nitrogens is 1. The SMILES string of the molecule is CCc1ncc(CNc2cnc[nH]2)s1. The van der Waals surface area contributed by atoms with Gasteiger partial charge in [-0.15, -0.1) is 11.3 Å². The number of thiazole rings is 1. The van der Waals surface area contributed by atoms with Crippen LogP contribution in [0.15, 0.2) is 18.7 Å². The standard InChI is InChI=1S/C9H12N4S/c1-2-9-12-4-7(14-9)3-11-8-5-10-6-13-8/h4-6,11H,2-3H2,1H3,(H,10,13). The Hall–Kier alpha value is -1.36. The molecule has 0 atom stereocenters. The van der Waals surface area contributed by atoms with Crippen LogP contribution < -0.4 is 5.32 Å². The topological polar surface area (TPSA) is 53.6 Å². The molecule has 74 valence electrons. The number of nitrogens with one attached hydrogen (secondary N) is 2. The van der Waals surface area contributed by atoms with Crippen molar-refractivity contribution in [1.82, 2.24) is 15.0 Å². The number of aromatic nitrogens is 3. The second kappa shape index (κ2) is 4.23. The third-order valence-corrected chi connectivity index (χ3v) is 3.00. The molecule has 0 fully saturated rings. The molecule has 4 nitrogen and oxygen atoms in total. The van der Waals surface area contributed by atoms with E-state index in [2.05, 4.69) is 27.2 Å². The summed E-state index contributed by atoms with van der Waals surface area (Å²) in [5, 5.41) is 4.42. The first-order chi connectivity index (χ1) is 6.88. The van der Waals surface area contributed by atoms with Gasteiger partial charge >= 0.3 is 0 Å². The van der Waals surface area contributed by atoms with Crippen LogP contribution in [0.4, 0.5) is 5.82 Å². The van der Waals surface area contributed by atoms with Crippen LogP contribution in [0.3, 0.4) is 0 Å². The van der Waals surface area contributed by atoms with Gasteiger partial charge < -0.3 is 10.3 Å². The molecule has 0 bridgehead atoms. The average Bonchev–Trinajstić information content (AvgIpc) is 2.86. The number of hydrogen-bond acceptors (Lipinski definition) is 4. The second-order valence-corrected chi connectivity index (χ2v) is 4.09. The van der Waals surface area contributed by atoms with Crippen LogP contribution in [0.1, 0.15) is 16.8 Å². The van der Waals surface area contributed by atoms with Gasteiger partial charge in [-0.25, -0.2) is 9.97 Å². The zero-order valence-corrected chi connectivity index (χ0v) is 8.77. The van der Waals surface area contributed by atoms with Crippen molar-refractivity contribution < 1.29 is 0 Å². The molecule has 2 aromatic heterocycles. The molecule has 14 heavy (non-hydrogen) atoms. The number of nitrogens with zero attached hydrogens (tertiary/aromatic N) is 2. The lowest BCUT2D eigenvalue weighted by Crippen LogP contribution is -1.96. The van der Waals surface area contributed by atoms with Gasteiger partial charge in [-0.1, -0.05) is 6.92 Å². The number of aromatic amines is 1. The lowest BCUT2D eigenvalue weighted by molar-refractivity contribution is 1.08. The normalized spacial score (nSPS) is 10.4. The van der Waals surface area contributed by atoms with Gasteiger partial charge in [0.25, 0.3) is 0 Å². The number of anilines is 1. The maximum absolute atomic E-state index is 4.29. The van der Waals surface area contributed by atoms with Gasteiger partial charge in [0.2, 0.25) is 0 Å². The Labute approximate surface area is 86.4 Å². The van der Waals surface area contributed by atoms with E-state index < -0.39 is 0 Å². The van der Waals surface area contributed by atoms with Crippen molar-refractivity contribution in [2.45, 2.75) is 19.9 Å². The summed E-state index contributed by atoms with van der Waals surface area (Å²) in [6, 6.07) is 0. The molecule has 2 aromatic rings. The fourth-order valence-corrected chi connectivity index (χ4v) is 1.93. The zero-order chi connectivity index (χ0) is 9.80. The number of rotatable bonds is 4. The van der Waals surface area contributed by atoms with Crippen molar-refractivity contribution in [1.29, 1.82) is 0 Å². The van der Waals surface area contributed by atoms with Gasteiger partial charge in [0.1, 0.15) is 5.82 Å². The van der Waals surface area contributed by atoms with E-state index >= 15 is 0 Å². The molecule has 0 aliphatic rings. The molecular weight excluding hydrogens is 196 g/mol. The van der Waals surface area contributed by atoms with Crippen LogP contribution in [0.5, 0.6) is 0 Å². The summed E-state index contributed by atoms with van der Waals surface area (Å²) in [5.74, 6) is 0.941. The van der Waals surface area contributed by atoms with Crippen LogP contribution >= 0.6 is 11.3 Å². The van der Waals surface area contributed by atoms with Gasteiger partial charge in [0.05, 0.1) is 24.1 Å². The van der Waals surface area contributed by atoms with Crippen LogP contribution in [0.25, 0.3) is 0 Å². The molecule has 2 heterocycles. The lowest BCUT2D eigenvalue weighted by atomic mass is 10.5. The summed E-state index contributed by atoms with van der Waals surface area (Å²) in [6.45, 7) is 2.92. The minimum Gasteiger partial charge on any atom is -0.365 e. The predicted octanol–water partition coefficient (Wildman–Crippen LogP) is 2.04. The second-order valence-electron chi connectivity index (χ2n) is 2.89. The summed E-state index contributed by atoms with van der Waals surface area (Å²) in [4.78, 5) is 12.4. The minimum absolute atomic E-state index is 0.805. The Bertz CT molecular complexity index is 379. The molecular formula is C9H12N4S. The van der Waals surface area contributed by atoms with E-state index in [1.165, 1.54) is 9.88 Å². The minimum atomic E-state index is 0.805. The molecule has 0 aliphatic carbocycles. The summed E-state index contributed by atoms with van der Waals surface area (Å²) in [5.41, 5.74) is 0. The van der Waals surface area contributed by atoms with E-state index in [4.69, 9.17) is 0 Å². The van der Waals surface area contributed by atoms with Gasteiger partial charge in [0, 0.05) is 11.1 Å². The first kappa shape index (κ1) is 9.21. The molecule has 0 unspecified atom stereocenters. The van der Waals surface area contributed by atoms with Gasteiger partial charge in [-0.2, -0.15) is 0 Å². The quantitative estimate of drug-likeness (QED) is 0.808. The molecule has 5 heteroatoms. The average molecular weight is 208 g/mol. The highest BCUT2D eigenvalue weighted by atomic mass is 32.1. The van der Waals surface area contributed by atoms with Crippen LogP contribution in [-0.2, 0) is 13.0 Å². The molecule has 0 saturated heterocycles. The van der Waals surface area contributed by atoms with Crippen LogP contribution in [-0.4, -0.2) is 15.0 Å². The first-order valence-electron chi connectivity index (χ1n) is 4.54. The summed E-state index contributed by atoms with van der Waals surface area (Å²) < 4.78 is 0. The third-order valence-electron chi connectivity index (χ3n) is 1.86. The molecule has 0 radical (unpaired) electrons. The van der Waals surface area contributed by atoms with Crippen molar-refractivity contribution in [3.8, 4) is 0 Å². The molecule has 0 spiro atoms. The molecule has 2 rings (SSSR count). The van der Waals surface area contributed by atoms with Gasteiger partial charge in [-0.3, -0.25) is 0 Å². The Morgan fingerprint density at radius 2 is 2.43 bits per heavy atom. The highest BCUT2D eigenvalue weighted by molar-refractivity contribution is 7.11. The Balaban J connectivity index is 1.92. The highest BCUT2D eigenvalue weighted by Gasteiger charge is 1.99. The maximum Gasteiger partial charge on any atom is 0.123 e. The van der Waals surface area contributed by atoms with Gasteiger partial charge in [0.15, 0.2) is 0 Å². The fraction of sp³-hybridized carbons (Fsp3) is 0.333. The number of hydrogen-bond donors (Lipinski definition) is 2. The maximum atomic E-state index is 4.29. The van der Waals surface area contributed by atoms with Crippen molar-refractivity contribution in [2.24, 2.45) is 0 Å². The molecule has 0 aliphatic heterocycles. The van der Waals surface area contributed by atoms with Crippen LogP contribution in [0.2, 0.25) is 0 Å². The van der Waals surface area contributed by atoms with Gasteiger partial charge in [-0.05, 0) is 6.42 Å². The summed E-state index contributed by atoms with van der Waals surface area (Å²) in [6.07, 6.45) is 6.36. The molecule has 0 amide bonds. The van der Waals surface area contributed by atoms with Crippen molar-refractivity contribution in [3.05, 3.63) is 28.6 Å². The van der Waals surface area contributed by atoms with Crippen LogP contribution in [0, 0.1) is 0 Å². The van der Waals surface area contributed by atoms with E-state index in [-0.39, 0.29) is 0 Å². The lowest BCUT2D eigenvalue weighted by Gasteiger charge is -1.98. The van der Waals surface area contributed by atoms with E-state index in [1.54, 1.807) is 23.9 Å². The largest absolute Gasteiger partial charge is 0.365 e. The van der Waals surface area contributed by atoms with Crippen molar-refractivity contribution >= 4 is 17.2 Å².